The van der Waals surface area contributed by atoms with E-state index in [1.807, 2.05) is 4.90 Å². The molecule has 1 aromatic rings. The Hall–Kier alpha value is -1.46. The first kappa shape index (κ1) is 19.3. The number of likely N-dealkylation sites (N-methyl/N-ethyl adjacent to an activating group) is 1. The van der Waals surface area contributed by atoms with Crippen molar-refractivity contribution in [2.24, 2.45) is 5.92 Å². The van der Waals surface area contributed by atoms with Gasteiger partial charge in [-0.25, -0.2) is 17.8 Å². The molecule has 1 unspecified atom stereocenters. The molecule has 2 saturated heterocycles. The molecule has 2 aliphatic rings. The summed E-state index contributed by atoms with van der Waals surface area (Å²) >= 11 is 0. The fraction of sp³-hybridized carbons (Fsp3) is 0.667. The highest BCUT2D eigenvalue weighted by Crippen LogP contribution is 2.42. The molecular weight excluding hydrogens is 378 g/mol. The summed E-state index contributed by atoms with van der Waals surface area (Å²) < 4.78 is 80.5. The van der Waals surface area contributed by atoms with Gasteiger partial charge in [0, 0.05) is 24.8 Å². The van der Waals surface area contributed by atoms with Gasteiger partial charge in [0.05, 0.1) is 6.61 Å². The van der Waals surface area contributed by atoms with E-state index in [2.05, 4.69) is 4.98 Å². The van der Waals surface area contributed by atoms with Crippen LogP contribution in [0.2, 0.25) is 0 Å². The van der Waals surface area contributed by atoms with Gasteiger partial charge in [-0.3, -0.25) is 4.90 Å². The number of pyridine rings is 1. The number of hydrogen-bond acceptors (Lipinski definition) is 5. The van der Waals surface area contributed by atoms with Gasteiger partial charge < -0.3 is 4.74 Å². The quantitative estimate of drug-likeness (QED) is 0.726. The minimum absolute atomic E-state index is 0.0247. The van der Waals surface area contributed by atoms with E-state index in [0.29, 0.717) is 17.3 Å². The highest BCUT2D eigenvalue weighted by molar-refractivity contribution is 7.90. The van der Waals surface area contributed by atoms with Gasteiger partial charge in [0.15, 0.2) is 5.82 Å². The number of aromatic nitrogens is 1. The molecule has 3 rings (SSSR count). The Morgan fingerprint density at radius 1 is 1.38 bits per heavy atom. The standard InChI is InChI=1S/C15H19F4N3O3S/c1-21-6-4-11(8-25-13-12(16)3-2-5-20-13)7-14(21)9-22(10-14)26(23,24)15(17,18)19/h2-3,5,11H,4,6-10H2,1H3. The zero-order chi connectivity index (χ0) is 19.2. The van der Waals surface area contributed by atoms with Gasteiger partial charge >= 0.3 is 15.5 Å². The molecule has 0 bridgehead atoms. The number of sulfonamides is 1. The van der Waals surface area contributed by atoms with E-state index in [1.165, 1.54) is 18.3 Å². The smallest absolute Gasteiger partial charge is 0.475 e. The minimum atomic E-state index is -5.30. The molecule has 0 amide bonds. The van der Waals surface area contributed by atoms with Crippen LogP contribution in [0.1, 0.15) is 12.8 Å². The van der Waals surface area contributed by atoms with Crippen LogP contribution in [0.3, 0.4) is 0 Å². The monoisotopic (exact) mass is 397 g/mol. The van der Waals surface area contributed by atoms with Crippen LogP contribution in [0, 0.1) is 11.7 Å². The molecule has 3 heterocycles. The Labute approximate surface area is 148 Å². The first-order valence-electron chi connectivity index (χ1n) is 8.06. The number of rotatable bonds is 4. The van der Waals surface area contributed by atoms with Crippen LogP contribution < -0.4 is 4.74 Å². The van der Waals surface area contributed by atoms with Crippen molar-refractivity contribution in [1.82, 2.24) is 14.2 Å². The molecule has 0 radical (unpaired) electrons. The Kier molecular flexibility index (Phi) is 4.91. The normalized spacial score (nSPS) is 24.4. The lowest BCUT2D eigenvalue weighted by atomic mass is 9.77. The summed E-state index contributed by atoms with van der Waals surface area (Å²) in [6, 6.07) is 2.67. The lowest BCUT2D eigenvalue weighted by Crippen LogP contribution is -2.73. The van der Waals surface area contributed by atoms with E-state index in [-0.39, 0.29) is 31.5 Å². The molecule has 0 aliphatic carbocycles. The fourth-order valence-corrected chi connectivity index (χ4v) is 4.64. The van der Waals surface area contributed by atoms with E-state index in [9.17, 15) is 26.0 Å². The lowest BCUT2D eigenvalue weighted by Gasteiger charge is -2.57. The van der Waals surface area contributed by atoms with Crippen molar-refractivity contribution in [3.63, 3.8) is 0 Å². The number of alkyl halides is 3. The number of piperidine rings is 1. The molecule has 0 saturated carbocycles. The molecule has 0 N–H and O–H groups in total. The second-order valence-electron chi connectivity index (χ2n) is 6.82. The van der Waals surface area contributed by atoms with Crippen molar-refractivity contribution in [3.05, 3.63) is 24.1 Å². The van der Waals surface area contributed by atoms with E-state index in [0.717, 1.165) is 6.42 Å². The van der Waals surface area contributed by atoms with Crippen molar-refractivity contribution in [3.8, 4) is 5.88 Å². The minimum Gasteiger partial charge on any atom is -0.475 e. The maximum atomic E-state index is 13.6. The van der Waals surface area contributed by atoms with E-state index < -0.39 is 26.9 Å². The SMILES string of the molecule is CN1CCC(COc2ncccc2F)CC12CN(S(=O)(=O)C(F)(F)F)C2. The summed E-state index contributed by atoms with van der Waals surface area (Å²) in [6.45, 7) is 0.355. The first-order valence-corrected chi connectivity index (χ1v) is 9.50. The van der Waals surface area contributed by atoms with Crippen LogP contribution >= 0.6 is 0 Å². The van der Waals surface area contributed by atoms with Crippen LogP contribution in [-0.4, -0.2) is 66.9 Å². The van der Waals surface area contributed by atoms with E-state index in [4.69, 9.17) is 4.74 Å². The highest BCUT2D eigenvalue weighted by Gasteiger charge is 2.60. The second kappa shape index (κ2) is 6.61. The van der Waals surface area contributed by atoms with Gasteiger partial charge in [-0.05, 0) is 44.5 Å². The number of likely N-dealkylation sites (tertiary alicyclic amines) is 1. The van der Waals surface area contributed by atoms with Crippen molar-refractivity contribution >= 4 is 10.0 Å². The van der Waals surface area contributed by atoms with E-state index >= 15 is 0 Å². The molecule has 2 aliphatic heterocycles. The van der Waals surface area contributed by atoms with Crippen molar-refractivity contribution in [2.75, 3.05) is 33.3 Å². The molecule has 2 fully saturated rings. The van der Waals surface area contributed by atoms with Crippen LogP contribution in [0.15, 0.2) is 18.3 Å². The van der Waals surface area contributed by atoms with Crippen molar-refractivity contribution in [2.45, 2.75) is 23.9 Å². The number of hydrogen-bond donors (Lipinski definition) is 0. The molecule has 6 nitrogen and oxygen atoms in total. The summed E-state index contributed by atoms with van der Waals surface area (Å²) in [5, 5.41) is 0. The van der Waals surface area contributed by atoms with E-state index in [1.54, 1.807) is 7.05 Å². The van der Waals surface area contributed by atoms with Crippen molar-refractivity contribution < 1.29 is 30.7 Å². The summed E-state index contributed by atoms with van der Waals surface area (Å²) in [5.41, 5.74) is -5.94. The van der Waals surface area contributed by atoms with Crippen LogP contribution in [-0.2, 0) is 10.0 Å². The van der Waals surface area contributed by atoms with Gasteiger partial charge in [0.1, 0.15) is 0 Å². The topological polar surface area (TPSA) is 62.7 Å². The molecule has 1 spiro atoms. The van der Waals surface area contributed by atoms with Crippen LogP contribution in [0.4, 0.5) is 17.6 Å². The Morgan fingerprint density at radius 3 is 2.69 bits per heavy atom. The summed E-state index contributed by atoms with van der Waals surface area (Å²) in [5.74, 6) is -0.722. The Morgan fingerprint density at radius 2 is 2.08 bits per heavy atom. The molecule has 26 heavy (non-hydrogen) atoms. The summed E-state index contributed by atoms with van der Waals surface area (Å²) in [7, 11) is -3.53. The average Bonchev–Trinajstić information content (AvgIpc) is 2.52. The Bertz CT molecular complexity index is 766. The first-order chi connectivity index (χ1) is 12.1. The third kappa shape index (κ3) is 3.39. The molecule has 146 valence electrons. The molecule has 0 aromatic carbocycles. The zero-order valence-electron chi connectivity index (χ0n) is 14.0. The number of nitrogens with zero attached hydrogens (tertiary/aromatic N) is 3. The van der Waals surface area contributed by atoms with Gasteiger partial charge in [-0.15, -0.1) is 0 Å². The molecular formula is C15H19F4N3O3S. The summed E-state index contributed by atoms with van der Waals surface area (Å²) in [6.07, 6.45) is 2.60. The van der Waals surface area contributed by atoms with Gasteiger partial charge in [0.25, 0.3) is 0 Å². The maximum absolute atomic E-state index is 13.6. The fourth-order valence-electron chi connectivity index (χ4n) is 3.52. The highest BCUT2D eigenvalue weighted by atomic mass is 32.2. The predicted molar refractivity (Wildman–Crippen MR) is 84.3 cm³/mol. The van der Waals surface area contributed by atoms with Gasteiger partial charge in [0.2, 0.25) is 5.88 Å². The van der Waals surface area contributed by atoms with Gasteiger partial charge in [-0.1, -0.05) is 0 Å². The maximum Gasteiger partial charge on any atom is 0.511 e. The largest absolute Gasteiger partial charge is 0.511 e. The number of halogens is 4. The molecule has 1 atom stereocenters. The van der Waals surface area contributed by atoms with Crippen LogP contribution in [0.25, 0.3) is 0 Å². The molecule has 11 heteroatoms. The number of ether oxygens (including phenoxy) is 1. The molecule has 1 aromatic heterocycles. The zero-order valence-corrected chi connectivity index (χ0v) is 14.9. The third-order valence-corrected chi connectivity index (χ3v) is 6.63. The second-order valence-corrected chi connectivity index (χ2v) is 8.75. The van der Waals surface area contributed by atoms with Crippen molar-refractivity contribution in [1.29, 1.82) is 0 Å². The Balaban J connectivity index is 1.62. The third-order valence-electron chi connectivity index (χ3n) is 5.11. The lowest BCUT2D eigenvalue weighted by molar-refractivity contribution is -0.0762. The summed E-state index contributed by atoms with van der Waals surface area (Å²) in [4.78, 5) is 5.70. The predicted octanol–water partition coefficient (Wildman–Crippen LogP) is 1.85. The van der Waals surface area contributed by atoms with Crippen LogP contribution in [0.5, 0.6) is 5.88 Å². The van der Waals surface area contributed by atoms with Gasteiger partial charge in [-0.2, -0.15) is 17.5 Å². The average molecular weight is 397 g/mol.